The summed E-state index contributed by atoms with van der Waals surface area (Å²) in [5.74, 6) is -0.823. The Kier molecular flexibility index (Phi) is 3.52. The van der Waals surface area contributed by atoms with Crippen molar-refractivity contribution >= 4 is 27.6 Å². The molecular formula is C15H18BrNO2. The normalized spacial score (nSPS) is 29.6. The maximum atomic E-state index is 11.8. The monoisotopic (exact) mass is 323 g/mol. The molecule has 1 saturated carbocycles. The fourth-order valence-electron chi connectivity index (χ4n) is 3.60. The van der Waals surface area contributed by atoms with E-state index in [0.29, 0.717) is 6.04 Å². The highest BCUT2D eigenvalue weighted by Gasteiger charge is 2.41. The van der Waals surface area contributed by atoms with Gasteiger partial charge in [-0.1, -0.05) is 31.4 Å². The van der Waals surface area contributed by atoms with Crippen LogP contribution in [0.4, 0.5) is 5.69 Å². The highest BCUT2D eigenvalue weighted by Crippen LogP contribution is 2.46. The molecule has 0 radical (unpaired) electrons. The van der Waals surface area contributed by atoms with Gasteiger partial charge in [-0.15, -0.1) is 0 Å². The molecule has 1 fully saturated rings. The Morgan fingerprint density at radius 2 is 2.05 bits per heavy atom. The van der Waals surface area contributed by atoms with Gasteiger partial charge in [0.1, 0.15) is 0 Å². The number of halogens is 1. The lowest BCUT2D eigenvalue weighted by molar-refractivity contribution is -0.140. The van der Waals surface area contributed by atoms with Crippen LogP contribution in [-0.2, 0) is 4.79 Å². The van der Waals surface area contributed by atoms with Crippen molar-refractivity contribution in [2.45, 2.75) is 44.1 Å². The summed E-state index contributed by atoms with van der Waals surface area (Å²) in [6.45, 7) is 0. The van der Waals surface area contributed by atoms with E-state index in [9.17, 15) is 9.90 Å². The predicted octanol–water partition coefficient (Wildman–Crippen LogP) is 3.99. The Balaban J connectivity index is 2.08. The lowest BCUT2D eigenvalue weighted by Crippen LogP contribution is -2.40. The van der Waals surface area contributed by atoms with E-state index >= 15 is 0 Å². The fraction of sp³-hybridized carbons (Fsp3) is 0.533. The maximum absolute atomic E-state index is 11.8. The third kappa shape index (κ3) is 2.27. The fourth-order valence-corrected chi connectivity index (χ4v) is 4.09. The van der Waals surface area contributed by atoms with Crippen LogP contribution in [0.2, 0.25) is 0 Å². The molecule has 0 spiro atoms. The number of nitrogens with one attached hydrogen (secondary N) is 1. The number of hydrogen-bond acceptors (Lipinski definition) is 2. The first kappa shape index (κ1) is 13.0. The summed E-state index contributed by atoms with van der Waals surface area (Å²) >= 11 is 3.54. The SMILES string of the molecule is O=C(O)C1c2cccc(Br)c2NC2CCCCCC21. The Morgan fingerprint density at radius 3 is 2.84 bits per heavy atom. The molecule has 2 N–H and O–H groups in total. The molecule has 2 aliphatic rings. The second-order valence-electron chi connectivity index (χ2n) is 5.57. The molecule has 0 bridgehead atoms. The van der Waals surface area contributed by atoms with Gasteiger partial charge in [0.2, 0.25) is 0 Å². The number of rotatable bonds is 1. The molecule has 0 amide bonds. The van der Waals surface area contributed by atoms with Crippen LogP contribution in [0.1, 0.15) is 43.6 Å². The van der Waals surface area contributed by atoms with Gasteiger partial charge >= 0.3 is 5.97 Å². The lowest BCUT2D eigenvalue weighted by atomic mass is 9.75. The molecule has 1 aliphatic carbocycles. The van der Waals surface area contributed by atoms with E-state index in [4.69, 9.17) is 0 Å². The summed E-state index contributed by atoms with van der Waals surface area (Å²) in [7, 11) is 0. The Bertz CT molecular complexity index is 503. The number of carboxylic acids is 1. The molecule has 3 rings (SSSR count). The summed E-state index contributed by atoms with van der Waals surface area (Å²) in [5, 5.41) is 13.2. The van der Waals surface area contributed by atoms with E-state index < -0.39 is 5.97 Å². The molecule has 0 aromatic heterocycles. The minimum absolute atomic E-state index is 0.224. The largest absolute Gasteiger partial charge is 0.481 e. The van der Waals surface area contributed by atoms with Gasteiger partial charge in [0.05, 0.1) is 11.6 Å². The van der Waals surface area contributed by atoms with Crippen LogP contribution in [0.25, 0.3) is 0 Å². The molecule has 4 heteroatoms. The van der Waals surface area contributed by atoms with Gasteiger partial charge in [0.25, 0.3) is 0 Å². The third-order valence-electron chi connectivity index (χ3n) is 4.47. The summed E-state index contributed by atoms with van der Waals surface area (Å²) in [5.41, 5.74) is 1.92. The zero-order chi connectivity index (χ0) is 13.4. The highest BCUT2D eigenvalue weighted by atomic mass is 79.9. The van der Waals surface area contributed by atoms with Crippen LogP contribution in [0, 0.1) is 5.92 Å². The van der Waals surface area contributed by atoms with Crippen molar-refractivity contribution < 1.29 is 9.90 Å². The van der Waals surface area contributed by atoms with Crippen LogP contribution in [0.15, 0.2) is 22.7 Å². The average Bonchev–Trinajstić information content (AvgIpc) is 2.61. The van der Waals surface area contributed by atoms with Crippen molar-refractivity contribution in [1.29, 1.82) is 0 Å². The molecule has 0 saturated heterocycles. The summed E-state index contributed by atoms with van der Waals surface area (Å²) in [6, 6.07) is 6.15. The van der Waals surface area contributed by atoms with Gasteiger partial charge in [-0.25, -0.2) is 0 Å². The van der Waals surface area contributed by atoms with Crippen molar-refractivity contribution in [3.8, 4) is 0 Å². The van der Waals surface area contributed by atoms with Gasteiger partial charge < -0.3 is 10.4 Å². The zero-order valence-electron chi connectivity index (χ0n) is 10.7. The van der Waals surface area contributed by atoms with Gasteiger partial charge in [-0.3, -0.25) is 4.79 Å². The topological polar surface area (TPSA) is 49.3 Å². The van der Waals surface area contributed by atoms with Gasteiger partial charge in [-0.05, 0) is 46.3 Å². The first-order valence-electron chi connectivity index (χ1n) is 6.96. The van der Waals surface area contributed by atoms with E-state index in [2.05, 4.69) is 21.2 Å². The Hall–Kier alpha value is -1.03. The number of carbonyl (C=O) groups is 1. The number of fused-ring (bicyclic) bond motifs is 2. The molecule has 1 heterocycles. The smallest absolute Gasteiger partial charge is 0.311 e. The highest BCUT2D eigenvalue weighted by molar-refractivity contribution is 9.10. The van der Waals surface area contributed by atoms with Crippen molar-refractivity contribution in [3.05, 3.63) is 28.2 Å². The van der Waals surface area contributed by atoms with E-state index in [1.807, 2.05) is 18.2 Å². The lowest BCUT2D eigenvalue weighted by Gasteiger charge is -2.38. The number of hydrogen-bond donors (Lipinski definition) is 2. The summed E-state index contributed by atoms with van der Waals surface area (Å²) < 4.78 is 0.971. The zero-order valence-corrected chi connectivity index (χ0v) is 12.3. The van der Waals surface area contributed by atoms with Crippen LogP contribution in [0.5, 0.6) is 0 Å². The van der Waals surface area contributed by atoms with Crippen molar-refractivity contribution in [1.82, 2.24) is 0 Å². The van der Waals surface area contributed by atoms with E-state index in [-0.39, 0.29) is 11.8 Å². The quantitative estimate of drug-likeness (QED) is 0.821. The molecule has 3 unspecified atom stereocenters. The predicted molar refractivity (Wildman–Crippen MR) is 78.5 cm³/mol. The third-order valence-corrected chi connectivity index (χ3v) is 5.14. The molecule has 102 valence electrons. The van der Waals surface area contributed by atoms with Crippen LogP contribution < -0.4 is 5.32 Å². The molecule has 3 atom stereocenters. The molecule has 3 nitrogen and oxygen atoms in total. The van der Waals surface area contributed by atoms with E-state index in [1.165, 1.54) is 12.8 Å². The summed E-state index contributed by atoms with van der Waals surface area (Å²) in [4.78, 5) is 11.8. The average molecular weight is 324 g/mol. The van der Waals surface area contributed by atoms with Gasteiger partial charge in [0, 0.05) is 10.5 Å². The number of para-hydroxylation sites is 1. The van der Waals surface area contributed by atoms with E-state index in [1.54, 1.807) is 0 Å². The van der Waals surface area contributed by atoms with Crippen LogP contribution in [-0.4, -0.2) is 17.1 Å². The molecule has 19 heavy (non-hydrogen) atoms. The first-order chi connectivity index (χ1) is 9.18. The van der Waals surface area contributed by atoms with Crippen molar-refractivity contribution in [2.24, 2.45) is 5.92 Å². The molecule has 1 aliphatic heterocycles. The number of anilines is 1. The van der Waals surface area contributed by atoms with E-state index in [0.717, 1.165) is 35.0 Å². The molecule has 1 aromatic carbocycles. The Labute approximate surface area is 121 Å². The molecular weight excluding hydrogens is 306 g/mol. The summed E-state index contributed by atoms with van der Waals surface area (Å²) in [6.07, 6.45) is 5.66. The van der Waals surface area contributed by atoms with Crippen molar-refractivity contribution in [2.75, 3.05) is 5.32 Å². The van der Waals surface area contributed by atoms with Gasteiger partial charge in [0.15, 0.2) is 0 Å². The molecule has 1 aromatic rings. The van der Waals surface area contributed by atoms with Crippen LogP contribution >= 0.6 is 15.9 Å². The minimum atomic E-state index is -0.683. The second-order valence-corrected chi connectivity index (χ2v) is 6.43. The number of aliphatic carboxylic acids is 1. The van der Waals surface area contributed by atoms with Crippen molar-refractivity contribution in [3.63, 3.8) is 0 Å². The van der Waals surface area contributed by atoms with Crippen LogP contribution in [0.3, 0.4) is 0 Å². The maximum Gasteiger partial charge on any atom is 0.311 e. The number of benzene rings is 1. The first-order valence-corrected chi connectivity index (χ1v) is 7.75. The number of carboxylic acid groups (broad SMARTS) is 1. The Morgan fingerprint density at radius 1 is 1.26 bits per heavy atom. The van der Waals surface area contributed by atoms with Gasteiger partial charge in [-0.2, -0.15) is 0 Å². The standard InChI is InChI=1S/C15H18BrNO2/c16-11-7-4-6-10-13(15(18)19)9-5-2-1-3-8-12(9)17-14(10)11/h4,6-7,9,12-13,17H,1-3,5,8H2,(H,18,19). The second kappa shape index (κ2) is 5.16. The minimum Gasteiger partial charge on any atom is -0.481 e.